The van der Waals surface area contributed by atoms with E-state index in [4.69, 9.17) is 17.3 Å². The molecule has 0 atom stereocenters. The number of benzene rings is 2. The molecule has 104 valence electrons. The van der Waals surface area contributed by atoms with E-state index in [-0.39, 0.29) is 12.4 Å². The third-order valence-corrected chi connectivity index (χ3v) is 3.38. The van der Waals surface area contributed by atoms with Crippen LogP contribution in [0.5, 0.6) is 0 Å². The number of nitrogens with one attached hydrogen (secondary N) is 1. The average Bonchev–Trinajstić information content (AvgIpc) is 2.39. The molecule has 0 fully saturated rings. The Morgan fingerprint density at radius 3 is 2.70 bits per heavy atom. The van der Waals surface area contributed by atoms with Gasteiger partial charge in [0.15, 0.2) is 0 Å². The molecule has 0 aromatic heterocycles. The Balaban J connectivity index is 2.17. The third kappa shape index (κ3) is 3.08. The zero-order chi connectivity index (χ0) is 14.7. The van der Waals surface area contributed by atoms with Gasteiger partial charge >= 0.3 is 0 Å². The van der Waals surface area contributed by atoms with Gasteiger partial charge in [-0.15, -0.1) is 0 Å². The number of aryl methyl sites for hydroxylation is 1. The van der Waals surface area contributed by atoms with Gasteiger partial charge in [-0.05, 0) is 42.8 Å². The Kier molecular flexibility index (Phi) is 4.25. The predicted molar refractivity (Wildman–Crippen MR) is 78.4 cm³/mol. The summed E-state index contributed by atoms with van der Waals surface area (Å²) >= 11 is 5.96. The summed E-state index contributed by atoms with van der Waals surface area (Å²) in [5.41, 5.74) is 7.72. The number of amides is 1. The van der Waals surface area contributed by atoms with E-state index in [9.17, 15) is 9.18 Å². The lowest BCUT2D eigenvalue weighted by Crippen LogP contribution is -2.11. The number of halogens is 2. The highest BCUT2D eigenvalue weighted by Crippen LogP contribution is 2.22. The van der Waals surface area contributed by atoms with Gasteiger partial charge < -0.3 is 11.1 Å². The monoisotopic (exact) mass is 292 g/mol. The molecule has 3 nitrogen and oxygen atoms in total. The second-order valence-electron chi connectivity index (χ2n) is 4.45. The van der Waals surface area contributed by atoms with E-state index in [2.05, 4.69) is 5.32 Å². The van der Waals surface area contributed by atoms with Crippen molar-refractivity contribution in [1.82, 2.24) is 0 Å². The molecular weight excluding hydrogens is 279 g/mol. The molecular formula is C15H14ClFN2O. The molecule has 0 radical (unpaired) electrons. The van der Waals surface area contributed by atoms with Crippen molar-refractivity contribution in [3.8, 4) is 0 Å². The summed E-state index contributed by atoms with van der Waals surface area (Å²) in [5.74, 6) is -0.826. The second-order valence-corrected chi connectivity index (χ2v) is 4.85. The van der Waals surface area contributed by atoms with E-state index in [1.165, 1.54) is 6.07 Å². The maximum absolute atomic E-state index is 13.6. The molecule has 1 amide bonds. The summed E-state index contributed by atoms with van der Waals surface area (Å²) in [6.07, 6.45) is 0. The van der Waals surface area contributed by atoms with Crippen molar-refractivity contribution in [3.63, 3.8) is 0 Å². The van der Waals surface area contributed by atoms with Crippen molar-refractivity contribution in [3.05, 3.63) is 63.9 Å². The van der Waals surface area contributed by atoms with Crippen LogP contribution < -0.4 is 11.1 Å². The SMILES string of the molecule is Cc1cc(C(N)=O)ccc1NCc1c(F)cccc1Cl. The van der Waals surface area contributed by atoms with Crippen LogP contribution in [-0.2, 0) is 6.54 Å². The normalized spacial score (nSPS) is 10.3. The largest absolute Gasteiger partial charge is 0.381 e. The van der Waals surface area contributed by atoms with Crippen LogP contribution >= 0.6 is 11.6 Å². The number of hydrogen-bond donors (Lipinski definition) is 2. The maximum atomic E-state index is 13.6. The van der Waals surface area contributed by atoms with Gasteiger partial charge in [0, 0.05) is 28.4 Å². The van der Waals surface area contributed by atoms with Crippen LogP contribution in [0.15, 0.2) is 36.4 Å². The van der Waals surface area contributed by atoms with E-state index in [1.807, 2.05) is 6.92 Å². The highest BCUT2D eigenvalue weighted by molar-refractivity contribution is 6.31. The van der Waals surface area contributed by atoms with Crippen LogP contribution in [0.4, 0.5) is 10.1 Å². The minimum absolute atomic E-state index is 0.266. The smallest absolute Gasteiger partial charge is 0.248 e. The summed E-state index contributed by atoms with van der Waals surface area (Å²) in [6, 6.07) is 9.63. The summed E-state index contributed by atoms with van der Waals surface area (Å²) in [5, 5.41) is 3.48. The molecule has 5 heteroatoms. The van der Waals surface area contributed by atoms with Crippen LogP contribution in [0.25, 0.3) is 0 Å². The van der Waals surface area contributed by atoms with Crippen molar-refractivity contribution >= 4 is 23.2 Å². The Morgan fingerprint density at radius 2 is 2.10 bits per heavy atom. The zero-order valence-electron chi connectivity index (χ0n) is 10.9. The van der Waals surface area contributed by atoms with Crippen LogP contribution in [0.1, 0.15) is 21.5 Å². The van der Waals surface area contributed by atoms with E-state index < -0.39 is 5.91 Å². The van der Waals surface area contributed by atoms with E-state index in [0.29, 0.717) is 16.1 Å². The predicted octanol–water partition coefficient (Wildman–Crippen LogP) is 3.50. The molecule has 0 aliphatic carbocycles. The number of nitrogens with two attached hydrogens (primary N) is 1. The quantitative estimate of drug-likeness (QED) is 0.906. The van der Waals surface area contributed by atoms with Crippen molar-refractivity contribution in [2.24, 2.45) is 5.73 Å². The first-order valence-corrected chi connectivity index (χ1v) is 6.44. The summed E-state index contributed by atoms with van der Waals surface area (Å²) in [6.45, 7) is 2.11. The fraction of sp³-hybridized carbons (Fsp3) is 0.133. The molecule has 2 aromatic carbocycles. The van der Waals surface area contributed by atoms with Gasteiger partial charge in [0.2, 0.25) is 5.91 Å². The number of rotatable bonds is 4. The van der Waals surface area contributed by atoms with Gasteiger partial charge in [0.1, 0.15) is 5.82 Å². The molecule has 0 spiro atoms. The number of hydrogen-bond acceptors (Lipinski definition) is 2. The minimum atomic E-state index is -0.475. The minimum Gasteiger partial charge on any atom is -0.381 e. The lowest BCUT2D eigenvalue weighted by atomic mass is 10.1. The molecule has 0 heterocycles. The Bertz CT molecular complexity index is 638. The molecule has 0 saturated heterocycles. The molecule has 0 saturated carbocycles. The summed E-state index contributed by atoms with van der Waals surface area (Å²) < 4.78 is 13.6. The molecule has 3 N–H and O–H groups in total. The molecule has 2 aromatic rings. The van der Waals surface area contributed by atoms with Gasteiger partial charge in [-0.25, -0.2) is 4.39 Å². The van der Waals surface area contributed by atoms with Crippen LogP contribution in [0.3, 0.4) is 0 Å². The lowest BCUT2D eigenvalue weighted by Gasteiger charge is -2.12. The summed E-state index contributed by atoms with van der Waals surface area (Å²) in [4.78, 5) is 11.1. The highest BCUT2D eigenvalue weighted by atomic mass is 35.5. The van der Waals surface area contributed by atoms with Gasteiger partial charge in [-0.2, -0.15) is 0 Å². The number of primary amides is 1. The molecule has 0 aliphatic heterocycles. The zero-order valence-corrected chi connectivity index (χ0v) is 11.7. The summed E-state index contributed by atoms with van der Waals surface area (Å²) in [7, 11) is 0. The number of anilines is 1. The molecule has 2 rings (SSSR count). The average molecular weight is 293 g/mol. The van der Waals surface area contributed by atoms with Gasteiger partial charge in [-0.1, -0.05) is 17.7 Å². The first-order chi connectivity index (χ1) is 9.49. The first kappa shape index (κ1) is 14.3. The lowest BCUT2D eigenvalue weighted by molar-refractivity contribution is 0.1000. The highest BCUT2D eigenvalue weighted by Gasteiger charge is 2.08. The third-order valence-electron chi connectivity index (χ3n) is 3.03. The van der Waals surface area contributed by atoms with E-state index in [1.54, 1.807) is 30.3 Å². The fourth-order valence-corrected chi connectivity index (χ4v) is 2.13. The second kappa shape index (κ2) is 5.92. The van der Waals surface area contributed by atoms with Gasteiger partial charge in [0.05, 0.1) is 0 Å². The topological polar surface area (TPSA) is 55.1 Å². The number of carbonyl (C=O) groups excluding carboxylic acids is 1. The van der Waals surface area contributed by atoms with Crippen molar-refractivity contribution < 1.29 is 9.18 Å². The molecule has 20 heavy (non-hydrogen) atoms. The Hall–Kier alpha value is -2.07. The van der Waals surface area contributed by atoms with Crippen LogP contribution in [0.2, 0.25) is 5.02 Å². The maximum Gasteiger partial charge on any atom is 0.248 e. The Morgan fingerprint density at radius 1 is 1.35 bits per heavy atom. The van der Waals surface area contributed by atoms with Crippen molar-refractivity contribution in [2.45, 2.75) is 13.5 Å². The van der Waals surface area contributed by atoms with Gasteiger partial charge in [-0.3, -0.25) is 4.79 Å². The molecule has 0 aliphatic rings. The fourth-order valence-electron chi connectivity index (χ4n) is 1.90. The van der Waals surface area contributed by atoms with E-state index in [0.717, 1.165) is 11.3 Å². The van der Waals surface area contributed by atoms with Crippen molar-refractivity contribution in [1.29, 1.82) is 0 Å². The Labute approximate surface area is 121 Å². The standard InChI is InChI=1S/C15H14ClFN2O/c1-9-7-10(15(18)20)5-6-14(9)19-8-11-12(16)3-2-4-13(11)17/h2-7,19H,8H2,1H3,(H2,18,20). The van der Waals surface area contributed by atoms with Gasteiger partial charge in [0.25, 0.3) is 0 Å². The van der Waals surface area contributed by atoms with Crippen LogP contribution in [-0.4, -0.2) is 5.91 Å². The molecule has 0 unspecified atom stereocenters. The first-order valence-electron chi connectivity index (χ1n) is 6.06. The van der Waals surface area contributed by atoms with E-state index >= 15 is 0 Å². The van der Waals surface area contributed by atoms with Crippen molar-refractivity contribution in [2.75, 3.05) is 5.32 Å². The number of carbonyl (C=O) groups is 1. The van der Waals surface area contributed by atoms with Crippen LogP contribution in [0, 0.1) is 12.7 Å². The molecule has 0 bridgehead atoms.